The Kier molecular flexibility index (Phi) is 4.83. The van der Waals surface area contributed by atoms with Gasteiger partial charge < -0.3 is 14.7 Å². The van der Waals surface area contributed by atoms with Crippen LogP contribution < -0.4 is 4.74 Å². The lowest BCUT2D eigenvalue weighted by molar-refractivity contribution is -0.149. The van der Waals surface area contributed by atoms with Crippen LogP contribution in [0.3, 0.4) is 0 Å². The van der Waals surface area contributed by atoms with E-state index in [2.05, 4.69) is 11.9 Å². The molecule has 0 aromatic heterocycles. The number of hydrogen-bond donors (Lipinski definition) is 1. The summed E-state index contributed by atoms with van der Waals surface area (Å²) >= 11 is 5.87. The summed E-state index contributed by atoms with van der Waals surface area (Å²) in [5.41, 5.74) is 0. The SMILES string of the molecule is CC(C1CC2CCC(C1)N2C)C(Oc1ccc(Cl)cc1)C(=O)O. The number of halogens is 1. The highest BCUT2D eigenvalue weighted by molar-refractivity contribution is 6.30. The highest BCUT2D eigenvalue weighted by atomic mass is 35.5. The van der Waals surface area contributed by atoms with Gasteiger partial charge in [-0.3, -0.25) is 0 Å². The minimum atomic E-state index is -0.890. The number of benzene rings is 1. The van der Waals surface area contributed by atoms with Crippen LogP contribution in [0.2, 0.25) is 5.02 Å². The van der Waals surface area contributed by atoms with Crippen molar-refractivity contribution in [3.05, 3.63) is 29.3 Å². The van der Waals surface area contributed by atoms with E-state index in [9.17, 15) is 9.90 Å². The van der Waals surface area contributed by atoms with E-state index in [1.165, 1.54) is 12.8 Å². The Morgan fingerprint density at radius 2 is 1.83 bits per heavy atom. The number of carbonyl (C=O) groups is 1. The van der Waals surface area contributed by atoms with Crippen molar-refractivity contribution in [1.29, 1.82) is 0 Å². The minimum absolute atomic E-state index is 0.0139. The summed E-state index contributed by atoms with van der Waals surface area (Å²) in [7, 11) is 2.20. The quantitative estimate of drug-likeness (QED) is 0.890. The summed E-state index contributed by atoms with van der Waals surface area (Å²) in [5.74, 6) is 0.0559. The van der Waals surface area contributed by atoms with Crippen LogP contribution in [0, 0.1) is 11.8 Å². The first-order valence-electron chi connectivity index (χ1n) is 8.32. The molecule has 4 atom stereocenters. The molecule has 1 aromatic carbocycles. The van der Waals surface area contributed by atoms with Crippen molar-refractivity contribution in [3.8, 4) is 5.75 Å². The van der Waals surface area contributed by atoms with Crippen molar-refractivity contribution in [2.45, 2.75) is 50.8 Å². The molecule has 0 aliphatic carbocycles. The average Bonchev–Trinajstić information content (AvgIpc) is 2.75. The summed E-state index contributed by atoms with van der Waals surface area (Å²) in [4.78, 5) is 14.2. The van der Waals surface area contributed by atoms with Crippen LogP contribution in [-0.2, 0) is 4.79 Å². The van der Waals surface area contributed by atoms with Gasteiger partial charge in [0.05, 0.1) is 0 Å². The van der Waals surface area contributed by atoms with Crippen molar-refractivity contribution >= 4 is 17.6 Å². The molecule has 4 unspecified atom stereocenters. The molecule has 1 aromatic rings. The number of ether oxygens (including phenoxy) is 1. The summed E-state index contributed by atoms with van der Waals surface area (Å²) in [5, 5.41) is 10.2. The molecule has 0 amide bonds. The molecule has 2 aliphatic heterocycles. The van der Waals surface area contributed by atoms with Gasteiger partial charge in [0.15, 0.2) is 6.10 Å². The van der Waals surface area contributed by atoms with E-state index >= 15 is 0 Å². The fourth-order valence-electron chi connectivity index (χ4n) is 4.17. The molecule has 1 N–H and O–H groups in total. The average molecular weight is 338 g/mol. The fourth-order valence-corrected chi connectivity index (χ4v) is 4.30. The molecular weight excluding hydrogens is 314 g/mol. The molecule has 2 bridgehead atoms. The third-order valence-corrected chi connectivity index (χ3v) is 5.93. The monoisotopic (exact) mass is 337 g/mol. The summed E-state index contributed by atoms with van der Waals surface area (Å²) in [6, 6.07) is 8.09. The van der Waals surface area contributed by atoms with Gasteiger partial charge in [0.1, 0.15) is 5.75 Å². The second-order valence-corrected chi connectivity index (χ2v) is 7.41. The summed E-state index contributed by atoms with van der Waals surface area (Å²) in [6.45, 7) is 2.02. The maximum Gasteiger partial charge on any atom is 0.345 e. The van der Waals surface area contributed by atoms with E-state index in [1.54, 1.807) is 24.3 Å². The molecule has 2 fully saturated rings. The van der Waals surface area contributed by atoms with Crippen molar-refractivity contribution < 1.29 is 14.6 Å². The smallest absolute Gasteiger partial charge is 0.345 e. The molecule has 3 rings (SSSR count). The number of nitrogens with zero attached hydrogens (tertiary/aromatic N) is 1. The summed E-state index contributed by atoms with van der Waals surface area (Å²) < 4.78 is 5.79. The minimum Gasteiger partial charge on any atom is -0.478 e. The van der Waals surface area contributed by atoms with E-state index in [-0.39, 0.29) is 5.92 Å². The van der Waals surface area contributed by atoms with Crippen LogP contribution in [0.25, 0.3) is 0 Å². The number of carboxylic acids is 1. The predicted molar refractivity (Wildman–Crippen MR) is 90.0 cm³/mol. The Hall–Kier alpha value is -1.26. The first kappa shape index (κ1) is 16.6. The van der Waals surface area contributed by atoms with Crippen molar-refractivity contribution in [2.24, 2.45) is 11.8 Å². The third kappa shape index (κ3) is 3.48. The van der Waals surface area contributed by atoms with E-state index in [1.807, 2.05) is 6.92 Å². The number of piperidine rings is 1. The number of fused-ring (bicyclic) bond motifs is 2. The van der Waals surface area contributed by atoms with Gasteiger partial charge in [-0.05, 0) is 62.9 Å². The zero-order valence-electron chi connectivity index (χ0n) is 13.6. The van der Waals surface area contributed by atoms with Gasteiger partial charge in [0.25, 0.3) is 0 Å². The van der Waals surface area contributed by atoms with Gasteiger partial charge in [-0.1, -0.05) is 18.5 Å². The molecule has 0 saturated carbocycles. The zero-order chi connectivity index (χ0) is 16.6. The van der Waals surface area contributed by atoms with Crippen LogP contribution in [0.5, 0.6) is 5.75 Å². The van der Waals surface area contributed by atoms with Crippen LogP contribution in [0.1, 0.15) is 32.6 Å². The lowest BCUT2D eigenvalue weighted by Crippen LogP contribution is -2.45. The number of carboxylic acid groups (broad SMARTS) is 1. The Balaban J connectivity index is 1.70. The summed E-state index contributed by atoms with van der Waals surface area (Å²) in [6.07, 6.45) is 3.80. The third-order valence-electron chi connectivity index (χ3n) is 5.68. The van der Waals surface area contributed by atoms with Gasteiger partial charge in [-0.2, -0.15) is 0 Å². The first-order chi connectivity index (χ1) is 11.0. The molecule has 126 valence electrons. The van der Waals surface area contributed by atoms with Crippen LogP contribution in [0.4, 0.5) is 0 Å². The van der Waals surface area contributed by atoms with E-state index < -0.39 is 12.1 Å². The first-order valence-corrected chi connectivity index (χ1v) is 8.70. The Morgan fingerprint density at radius 1 is 1.26 bits per heavy atom. The lowest BCUT2D eigenvalue weighted by Gasteiger charge is -2.40. The normalized spacial score (nSPS) is 30.0. The topological polar surface area (TPSA) is 49.8 Å². The van der Waals surface area contributed by atoms with Gasteiger partial charge in [0.2, 0.25) is 0 Å². The molecule has 2 saturated heterocycles. The predicted octanol–water partition coefficient (Wildman–Crippen LogP) is 3.68. The van der Waals surface area contributed by atoms with E-state index in [0.717, 1.165) is 12.8 Å². The second-order valence-electron chi connectivity index (χ2n) is 6.97. The number of rotatable bonds is 5. The van der Waals surface area contributed by atoms with E-state index in [4.69, 9.17) is 16.3 Å². The maximum atomic E-state index is 11.7. The van der Waals surface area contributed by atoms with Crippen LogP contribution >= 0.6 is 11.6 Å². The molecular formula is C18H24ClNO3. The van der Waals surface area contributed by atoms with E-state index in [0.29, 0.717) is 28.8 Å². The van der Waals surface area contributed by atoms with Crippen molar-refractivity contribution in [2.75, 3.05) is 7.05 Å². The van der Waals surface area contributed by atoms with Gasteiger partial charge in [-0.25, -0.2) is 4.79 Å². The molecule has 2 aliphatic rings. The highest BCUT2D eigenvalue weighted by Crippen LogP contribution is 2.41. The molecule has 2 heterocycles. The maximum absolute atomic E-state index is 11.7. The van der Waals surface area contributed by atoms with Gasteiger partial charge in [0, 0.05) is 23.0 Å². The van der Waals surface area contributed by atoms with Crippen molar-refractivity contribution in [1.82, 2.24) is 4.90 Å². The molecule has 0 spiro atoms. The lowest BCUT2D eigenvalue weighted by atomic mass is 9.79. The Labute approximate surface area is 142 Å². The van der Waals surface area contributed by atoms with Crippen LogP contribution in [-0.4, -0.2) is 41.2 Å². The van der Waals surface area contributed by atoms with Crippen molar-refractivity contribution in [3.63, 3.8) is 0 Å². The fraction of sp³-hybridized carbons (Fsp3) is 0.611. The standard InChI is InChI=1S/C18H24ClNO3/c1-11(12-9-14-5-6-15(10-12)20(14)2)17(18(21)22)23-16-7-3-13(19)4-8-16/h3-4,7-8,11-12,14-15,17H,5-6,9-10H2,1-2H3,(H,21,22). The van der Waals surface area contributed by atoms with Gasteiger partial charge in [-0.15, -0.1) is 0 Å². The molecule has 4 nitrogen and oxygen atoms in total. The number of aliphatic carboxylic acids is 1. The largest absolute Gasteiger partial charge is 0.478 e. The highest BCUT2D eigenvalue weighted by Gasteiger charge is 2.43. The Bertz CT molecular complexity index is 548. The molecule has 0 radical (unpaired) electrons. The second kappa shape index (κ2) is 6.70. The van der Waals surface area contributed by atoms with Gasteiger partial charge >= 0.3 is 5.97 Å². The van der Waals surface area contributed by atoms with Crippen LogP contribution in [0.15, 0.2) is 24.3 Å². The molecule has 23 heavy (non-hydrogen) atoms. The molecule has 5 heteroatoms. The zero-order valence-corrected chi connectivity index (χ0v) is 14.4. The number of hydrogen-bond acceptors (Lipinski definition) is 3. The Morgan fingerprint density at radius 3 is 2.35 bits per heavy atom.